The van der Waals surface area contributed by atoms with Crippen molar-refractivity contribution in [2.75, 3.05) is 7.11 Å². The molecule has 2 rings (SSSR count). The Balaban J connectivity index is 2.34. The second kappa shape index (κ2) is 5.67. The van der Waals surface area contributed by atoms with E-state index in [4.69, 9.17) is 16.3 Å². The molecule has 0 saturated heterocycles. The standard InChI is InChI=1S/C13H9ClFNO3/c1-18-13(17)10-6-8(14)2-4-11(10)19-12-5-3-9(15)7-16-12/h2-7H,1H3. The number of esters is 1. The molecule has 4 nitrogen and oxygen atoms in total. The molecule has 2 aromatic rings. The van der Waals surface area contributed by atoms with Crippen molar-refractivity contribution < 1.29 is 18.7 Å². The molecular weight excluding hydrogens is 273 g/mol. The Labute approximate surface area is 113 Å². The van der Waals surface area contributed by atoms with Crippen molar-refractivity contribution in [3.63, 3.8) is 0 Å². The van der Waals surface area contributed by atoms with Crippen molar-refractivity contribution in [1.82, 2.24) is 4.98 Å². The Morgan fingerprint density at radius 2 is 2.11 bits per heavy atom. The summed E-state index contributed by atoms with van der Waals surface area (Å²) in [5, 5.41) is 0.375. The van der Waals surface area contributed by atoms with Crippen molar-refractivity contribution >= 4 is 17.6 Å². The van der Waals surface area contributed by atoms with Crippen LogP contribution in [0, 0.1) is 5.82 Å². The lowest BCUT2D eigenvalue weighted by Crippen LogP contribution is -2.04. The minimum atomic E-state index is -0.584. The number of aromatic nitrogens is 1. The van der Waals surface area contributed by atoms with Gasteiger partial charge in [-0.15, -0.1) is 0 Å². The first-order chi connectivity index (χ1) is 9.10. The molecule has 0 fully saturated rings. The first-order valence-corrected chi connectivity index (χ1v) is 5.65. The van der Waals surface area contributed by atoms with E-state index in [0.29, 0.717) is 5.02 Å². The summed E-state index contributed by atoms with van der Waals surface area (Å²) in [5.74, 6) is -0.666. The topological polar surface area (TPSA) is 48.4 Å². The zero-order valence-corrected chi connectivity index (χ0v) is 10.6. The van der Waals surface area contributed by atoms with E-state index in [-0.39, 0.29) is 17.2 Å². The number of nitrogens with zero attached hydrogens (tertiary/aromatic N) is 1. The molecule has 0 bridgehead atoms. The smallest absolute Gasteiger partial charge is 0.341 e. The molecule has 0 N–H and O–H groups in total. The highest BCUT2D eigenvalue weighted by Crippen LogP contribution is 2.27. The van der Waals surface area contributed by atoms with Gasteiger partial charge in [0.2, 0.25) is 5.88 Å². The number of hydrogen-bond donors (Lipinski definition) is 0. The van der Waals surface area contributed by atoms with Crippen LogP contribution in [0.3, 0.4) is 0 Å². The summed E-state index contributed by atoms with van der Waals surface area (Å²) in [6.45, 7) is 0. The van der Waals surface area contributed by atoms with E-state index >= 15 is 0 Å². The molecule has 0 radical (unpaired) electrons. The van der Waals surface area contributed by atoms with Crippen LogP contribution in [-0.2, 0) is 4.74 Å². The summed E-state index contributed by atoms with van der Waals surface area (Å²) < 4.78 is 22.8. The minimum Gasteiger partial charge on any atom is -0.465 e. The van der Waals surface area contributed by atoms with Gasteiger partial charge in [-0.25, -0.2) is 14.2 Å². The summed E-state index contributed by atoms with van der Waals surface area (Å²) in [5.41, 5.74) is 0.168. The molecule has 1 aromatic carbocycles. The molecule has 0 aliphatic heterocycles. The van der Waals surface area contributed by atoms with E-state index < -0.39 is 11.8 Å². The van der Waals surface area contributed by atoms with Crippen LogP contribution in [0.4, 0.5) is 4.39 Å². The quantitative estimate of drug-likeness (QED) is 0.809. The first-order valence-electron chi connectivity index (χ1n) is 5.27. The highest BCUT2D eigenvalue weighted by atomic mass is 35.5. The predicted molar refractivity (Wildman–Crippen MR) is 67.1 cm³/mol. The normalized spacial score (nSPS) is 10.1. The van der Waals surface area contributed by atoms with Crippen LogP contribution >= 0.6 is 11.6 Å². The fourth-order valence-corrected chi connectivity index (χ4v) is 1.57. The second-order valence-electron chi connectivity index (χ2n) is 3.55. The van der Waals surface area contributed by atoms with E-state index in [1.807, 2.05) is 0 Å². The lowest BCUT2D eigenvalue weighted by molar-refractivity contribution is 0.0598. The molecule has 0 aliphatic carbocycles. The second-order valence-corrected chi connectivity index (χ2v) is 3.99. The van der Waals surface area contributed by atoms with Crippen molar-refractivity contribution in [3.05, 3.63) is 52.9 Å². The van der Waals surface area contributed by atoms with Crippen molar-refractivity contribution in [2.24, 2.45) is 0 Å². The van der Waals surface area contributed by atoms with Gasteiger partial charge < -0.3 is 9.47 Å². The van der Waals surface area contributed by atoms with Crippen LogP contribution < -0.4 is 4.74 Å². The number of hydrogen-bond acceptors (Lipinski definition) is 4. The summed E-state index contributed by atoms with van der Waals surface area (Å²) in [6, 6.07) is 7.06. The molecule has 0 saturated carbocycles. The highest BCUT2D eigenvalue weighted by molar-refractivity contribution is 6.31. The molecule has 0 spiro atoms. The number of carbonyl (C=O) groups excluding carboxylic acids is 1. The molecule has 6 heteroatoms. The third-order valence-electron chi connectivity index (χ3n) is 2.26. The van der Waals surface area contributed by atoms with E-state index in [9.17, 15) is 9.18 Å². The molecule has 0 aliphatic rings. The van der Waals surface area contributed by atoms with E-state index in [1.54, 1.807) is 6.07 Å². The van der Waals surface area contributed by atoms with Gasteiger partial charge >= 0.3 is 5.97 Å². The number of rotatable bonds is 3. The SMILES string of the molecule is COC(=O)c1cc(Cl)ccc1Oc1ccc(F)cn1. The lowest BCUT2D eigenvalue weighted by Gasteiger charge is -2.09. The first kappa shape index (κ1) is 13.3. The Kier molecular flexibility index (Phi) is 3.97. The molecule has 19 heavy (non-hydrogen) atoms. The largest absolute Gasteiger partial charge is 0.465 e. The predicted octanol–water partition coefficient (Wildman–Crippen LogP) is 3.45. The van der Waals surface area contributed by atoms with Gasteiger partial charge in [0.05, 0.1) is 13.3 Å². The van der Waals surface area contributed by atoms with Crippen molar-refractivity contribution in [1.29, 1.82) is 0 Å². The monoisotopic (exact) mass is 281 g/mol. The zero-order valence-electron chi connectivity index (χ0n) is 9.89. The van der Waals surface area contributed by atoms with Gasteiger partial charge in [-0.05, 0) is 24.3 Å². The minimum absolute atomic E-state index is 0.161. The lowest BCUT2D eigenvalue weighted by atomic mass is 10.2. The molecule has 0 unspecified atom stereocenters. The molecule has 1 aromatic heterocycles. The van der Waals surface area contributed by atoms with Gasteiger partial charge in [-0.3, -0.25) is 0 Å². The molecule has 0 amide bonds. The van der Waals surface area contributed by atoms with Gasteiger partial charge in [-0.2, -0.15) is 0 Å². The maximum atomic E-state index is 12.7. The summed E-state index contributed by atoms with van der Waals surface area (Å²) in [6.07, 6.45) is 1.02. The van der Waals surface area contributed by atoms with E-state index in [2.05, 4.69) is 9.72 Å². The van der Waals surface area contributed by atoms with Gasteiger partial charge in [0, 0.05) is 11.1 Å². The van der Waals surface area contributed by atoms with E-state index in [0.717, 1.165) is 6.20 Å². The Bertz CT molecular complexity index is 601. The highest BCUT2D eigenvalue weighted by Gasteiger charge is 2.14. The third-order valence-corrected chi connectivity index (χ3v) is 2.50. The maximum absolute atomic E-state index is 12.7. The zero-order chi connectivity index (χ0) is 13.8. The third kappa shape index (κ3) is 3.20. The Morgan fingerprint density at radius 1 is 1.32 bits per heavy atom. The van der Waals surface area contributed by atoms with Gasteiger partial charge in [-0.1, -0.05) is 11.6 Å². The van der Waals surface area contributed by atoms with Crippen LogP contribution in [0.25, 0.3) is 0 Å². The van der Waals surface area contributed by atoms with Crippen LogP contribution in [-0.4, -0.2) is 18.1 Å². The van der Waals surface area contributed by atoms with Crippen LogP contribution in [0.2, 0.25) is 5.02 Å². The average molecular weight is 282 g/mol. The summed E-state index contributed by atoms with van der Waals surface area (Å²) in [4.78, 5) is 15.3. The summed E-state index contributed by atoms with van der Waals surface area (Å²) >= 11 is 5.81. The van der Waals surface area contributed by atoms with Crippen molar-refractivity contribution in [2.45, 2.75) is 0 Å². The van der Waals surface area contributed by atoms with Crippen LogP contribution in [0.15, 0.2) is 36.5 Å². The molecular formula is C13H9ClFNO3. The average Bonchev–Trinajstić information content (AvgIpc) is 2.42. The Morgan fingerprint density at radius 3 is 2.74 bits per heavy atom. The number of halogens is 2. The fraction of sp³-hybridized carbons (Fsp3) is 0.0769. The number of carbonyl (C=O) groups is 1. The maximum Gasteiger partial charge on any atom is 0.341 e. The molecule has 0 atom stereocenters. The number of methoxy groups -OCH3 is 1. The molecule has 1 heterocycles. The van der Waals surface area contributed by atoms with Crippen LogP contribution in [0.5, 0.6) is 11.6 Å². The van der Waals surface area contributed by atoms with Crippen LogP contribution in [0.1, 0.15) is 10.4 Å². The molecule has 98 valence electrons. The van der Waals surface area contributed by atoms with Gasteiger partial charge in [0.15, 0.2) is 0 Å². The van der Waals surface area contributed by atoms with Gasteiger partial charge in [0.25, 0.3) is 0 Å². The van der Waals surface area contributed by atoms with Crippen molar-refractivity contribution in [3.8, 4) is 11.6 Å². The summed E-state index contributed by atoms with van der Waals surface area (Å²) in [7, 11) is 1.25. The number of ether oxygens (including phenoxy) is 2. The fourth-order valence-electron chi connectivity index (χ4n) is 1.40. The number of benzene rings is 1. The van der Waals surface area contributed by atoms with Gasteiger partial charge in [0.1, 0.15) is 17.1 Å². The van der Waals surface area contributed by atoms with E-state index in [1.165, 1.54) is 31.4 Å². The Hall–Kier alpha value is -2.14. The number of pyridine rings is 1.